The van der Waals surface area contributed by atoms with Crippen LogP contribution in [0.15, 0.2) is 79.0 Å². The van der Waals surface area contributed by atoms with Crippen LogP contribution >= 0.6 is 12.2 Å². The first-order valence-corrected chi connectivity index (χ1v) is 12.0. The number of aromatic nitrogens is 2. The first kappa shape index (κ1) is 22.9. The van der Waals surface area contributed by atoms with Crippen LogP contribution in [0.3, 0.4) is 0 Å². The van der Waals surface area contributed by atoms with Crippen molar-refractivity contribution in [1.82, 2.24) is 14.9 Å². The fourth-order valence-corrected chi connectivity index (χ4v) is 5.29. The molecule has 1 aliphatic heterocycles. The highest BCUT2D eigenvalue weighted by Crippen LogP contribution is 2.44. The monoisotopic (exact) mass is 483 g/mol. The maximum absolute atomic E-state index is 9.78. The highest BCUT2D eigenvalue weighted by atomic mass is 32.1. The molecule has 3 heterocycles. The fraction of sp³-hybridized carbons (Fsp3) is 0.214. The molecule has 0 aliphatic carbocycles. The number of hydrogen-bond acceptors (Lipinski definition) is 4. The van der Waals surface area contributed by atoms with Crippen LogP contribution < -0.4 is 15.1 Å². The Balaban J connectivity index is 1.65. The van der Waals surface area contributed by atoms with Crippen molar-refractivity contribution in [1.29, 1.82) is 0 Å². The Morgan fingerprint density at radius 1 is 0.943 bits per heavy atom. The Kier molecular flexibility index (Phi) is 5.94. The Morgan fingerprint density at radius 2 is 1.63 bits per heavy atom. The summed E-state index contributed by atoms with van der Waals surface area (Å²) in [4.78, 5) is 8.97. The van der Waals surface area contributed by atoms with E-state index in [-0.39, 0.29) is 17.8 Å². The van der Waals surface area contributed by atoms with Crippen LogP contribution in [-0.4, -0.2) is 33.9 Å². The third kappa shape index (κ3) is 4.12. The number of pyridine rings is 1. The van der Waals surface area contributed by atoms with Crippen molar-refractivity contribution in [3.05, 3.63) is 102 Å². The summed E-state index contributed by atoms with van der Waals surface area (Å²) < 4.78 is 2.22. The number of nitrogens with one attached hydrogen (secondary N) is 1. The van der Waals surface area contributed by atoms with Crippen LogP contribution in [0.1, 0.15) is 34.7 Å². The summed E-state index contributed by atoms with van der Waals surface area (Å²) in [6, 6.07) is 23.8. The first-order valence-electron chi connectivity index (χ1n) is 11.6. The molecule has 1 aliphatic rings. The number of aryl methyl sites for hydroxylation is 1. The maximum Gasteiger partial charge on any atom is 0.174 e. The molecule has 2 aromatic heterocycles. The van der Waals surface area contributed by atoms with E-state index in [1.54, 1.807) is 12.1 Å². The van der Waals surface area contributed by atoms with Crippen LogP contribution in [0.4, 0.5) is 11.4 Å². The largest absolute Gasteiger partial charge is 0.508 e. The van der Waals surface area contributed by atoms with Crippen LogP contribution in [-0.2, 0) is 0 Å². The van der Waals surface area contributed by atoms with Crippen LogP contribution in [0, 0.1) is 13.8 Å². The average Bonchev–Trinajstić information content (AvgIpc) is 3.35. The number of nitrogens with zero attached hydrogens (tertiary/aromatic N) is 4. The van der Waals surface area contributed by atoms with Crippen molar-refractivity contribution in [2.75, 3.05) is 23.9 Å². The predicted molar refractivity (Wildman–Crippen MR) is 146 cm³/mol. The molecule has 6 nitrogen and oxygen atoms in total. The lowest BCUT2D eigenvalue weighted by Crippen LogP contribution is -2.29. The van der Waals surface area contributed by atoms with Gasteiger partial charge in [-0.15, -0.1) is 0 Å². The highest BCUT2D eigenvalue weighted by molar-refractivity contribution is 7.80. The van der Waals surface area contributed by atoms with E-state index in [1.165, 1.54) is 5.56 Å². The SMILES string of the molecule is Cc1cc([C@@H]2[C@@H](c3ccccn3)NC(=S)N2c2ccc(N(C)C)cc2)c(C)n1-c1ccc(O)cc1. The first-order chi connectivity index (χ1) is 16.8. The zero-order chi connectivity index (χ0) is 24.7. The summed E-state index contributed by atoms with van der Waals surface area (Å²) in [5.41, 5.74) is 7.54. The summed E-state index contributed by atoms with van der Waals surface area (Å²) >= 11 is 5.89. The highest BCUT2D eigenvalue weighted by Gasteiger charge is 2.42. The van der Waals surface area contributed by atoms with E-state index in [0.717, 1.165) is 34.1 Å². The van der Waals surface area contributed by atoms with E-state index >= 15 is 0 Å². The zero-order valence-corrected chi connectivity index (χ0v) is 21.1. The molecule has 0 spiro atoms. The van der Waals surface area contributed by atoms with Crippen LogP contribution in [0.25, 0.3) is 5.69 Å². The van der Waals surface area contributed by atoms with Gasteiger partial charge in [0.1, 0.15) is 5.75 Å². The molecular formula is C28H29N5OS. The molecule has 2 N–H and O–H groups in total. The van der Waals surface area contributed by atoms with Gasteiger partial charge in [-0.05, 0) is 98.4 Å². The second-order valence-electron chi connectivity index (χ2n) is 9.09. The molecule has 0 unspecified atom stereocenters. The standard InChI is InChI=1S/C28H29N5OS/c1-18-17-24(19(2)32(18)21-12-14-23(34)15-13-21)27-26(25-7-5-6-16-29-25)30-28(35)33(27)22-10-8-20(9-11-22)31(3)4/h5-17,26-27,34H,1-4H3,(H,30,35)/t26-,27-/m1/s1. The van der Waals surface area contributed by atoms with Gasteiger partial charge in [0.25, 0.3) is 0 Å². The third-order valence-electron chi connectivity index (χ3n) is 6.64. The molecule has 0 saturated carbocycles. The summed E-state index contributed by atoms with van der Waals surface area (Å²) in [5.74, 6) is 0.254. The summed E-state index contributed by atoms with van der Waals surface area (Å²) in [6.07, 6.45) is 1.82. The van der Waals surface area contributed by atoms with E-state index in [2.05, 4.69) is 68.8 Å². The van der Waals surface area contributed by atoms with Crippen LogP contribution in [0.2, 0.25) is 0 Å². The zero-order valence-electron chi connectivity index (χ0n) is 20.3. The Hall–Kier alpha value is -3.84. The number of rotatable bonds is 5. The molecule has 178 valence electrons. The Labute approximate surface area is 211 Å². The fourth-order valence-electron chi connectivity index (χ4n) is 4.95. The molecule has 7 heteroatoms. The van der Waals surface area contributed by atoms with Gasteiger partial charge in [-0.2, -0.15) is 0 Å². The number of phenolic OH excluding ortho intramolecular Hbond substituents is 1. The van der Waals surface area contributed by atoms with Gasteiger partial charge in [0.2, 0.25) is 0 Å². The van der Waals surface area contributed by atoms with Gasteiger partial charge >= 0.3 is 0 Å². The van der Waals surface area contributed by atoms with Crippen molar-refractivity contribution in [2.45, 2.75) is 25.9 Å². The molecule has 1 fully saturated rings. The van der Waals surface area contributed by atoms with Gasteiger partial charge in [-0.3, -0.25) is 4.98 Å². The van der Waals surface area contributed by atoms with Crippen molar-refractivity contribution in [3.63, 3.8) is 0 Å². The van der Waals surface area contributed by atoms with Crippen molar-refractivity contribution in [2.24, 2.45) is 0 Å². The molecule has 2 atom stereocenters. The van der Waals surface area contributed by atoms with E-state index in [9.17, 15) is 5.11 Å². The summed E-state index contributed by atoms with van der Waals surface area (Å²) in [6.45, 7) is 4.25. The molecule has 1 saturated heterocycles. The number of benzene rings is 2. The van der Waals surface area contributed by atoms with E-state index < -0.39 is 0 Å². The van der Waals surface area contributed by atoms with Crippen molar-refractivity contribution < 1.29 is 5.11 Å². The number of phenols is 1. The van der Waals surface area contributed by atoms with Gasteiger partial charge in [0.05, 0.1) is 17.8 Å². The second-order valence-corrected chi connectivity index (χ2v) is 9.47. The van der Waals surface area contributed by atoms with Gasteiger partial charge < -0.3 is 24.8 Å². The lowest BCUT2D eigenvalue weighted by Gasteiger charge is -2.28. The molecule has 35 heavy (non-hydrogen) atoms. The third-order valence-corrected chi connectivity index (χ3v) is 6.95. The van der Waals surface area contributed by atoms with Gasteiger partial charge in [-0.1, -0.05) is 6.07 Å². The average molecular weight is 484 g/mol. The van der Waals surface area contributed by atoms with E-state index in [0.29, 0.717) is 5.11 Å². The molecule has 4 aromatic rings. The molecular weight excluding hydrogens is 454 g/mol. The van der Waals surface area contributed by atoms with E-state index in [4.69, 9.17) is 12.2 Å². The normalized spacial score (nSPS) is 17.5. The summed E-state index contributed by atoms with van der Waals surface area (Å²) in [5, 5.41) is 14.0. The quantitative estimate of drug-likeness (QED) is 0.369. The Bertz CT molecular complexity index is 1350. The van der Waals surface area contributed by atoms with Crippen LogP contribution in [0.5, 0.6) is 5.75 Å². The van der Waals surface area contributed by atoms with Crippen molar-refractivity contribution >= 4 is 28.7 Å². The molecule has 0 amide bonds. The number of aromatic hydroxyl groups is 1. The minimum Gasteiger partial charge on any atom is -0.508 e. The molecule has 0 bridgehead atoms. The maximum atomic E-state index is 9.78. The topological polar surface area (TPSA) is 56.6 Å². The van der Waals surface area contributed by atoms with E-state index in [1.807, 2.05) is 50.6 Å². The lowest BCUT2D eigenvalue weighted by molar-refractivity contribution is 0.475. The Morgan fingerprint density at radius 3 is 2.26 bits per heavy atom. The van der Waals surface area contributed by atoms with Gasteiger partial charge in [0.15, 0.2) is 5.11 Å². The second kappa shape index (κ2) is 9.07. The molecule has 2 aromatic carbocycles. The molecule has 0 radical (unpaired) electrons. The lowest BCUT2D eigenvalue weighted by atomic mass is 9.96. The molecule has 5 rings (SSSR count). The van der Waals surface area contributed by atoms with Gasteiger partial charge in [0, 0.05) is 48.7 Å². The predicted octanol–water partition coefficient (Wildman–Crippen LogP) is 5.44. The number of anilines is 2. The number of thiocarbonyl (C=S) groups is 1. The summed E-state index contributed by atoms with van der Waals surface area (Å²) in [7, 11) is 4.07. The minimum atomic E-state index is -0.106. The van der Waals surface area contributed by atoms with Gasteiger partial charge in [-0.25, -0.2) is 0 Å². The number of hydrogen-bond donors (Lipinski definition) is 2. The van der Waals surface area contributed by atoms with Crippen molar-refractivity contribution in [3.8, 4) is 11.4 Å². The smallest absolute Gasteiger partial charge is 0.174 e. The minimum absolute atomic E-state index is 0.0836.